The molecule has 2 aliphatic carbocycles. The van der Waals surface area contributed by atoms with Gasteiger partial charge in [0.1, 0.15) is 6.04 Å². The fourth-order valence-corrected chi connectivity index (χ4v) is 3.50. The van der Waals surface area contributed by atoms with Crippen molar-refractivity contribution in [2.24, 2.45) is 23.2 Å². The zero-order valence-electron chi connectivity index (χ0n) is 13.6. The van der Waals surface area contributed by atoms with Crippen molar-refractivity contribution in [1.82, 2.24) is 5.32 Å². The van der Waals surface area contributed by atoms with Gasteiger partial charge in [-0.05, 0) is 68.2 Å². The van der Waals surface area contributed by atoms with Crippen molar-refractivity contribution in [2.45, 2.75) is 65.3 Å². The van der Waals surface area contributed by atoms with Crippen molar-refractivity contribution in [2.75, 3.05) is 13.7 Å². The minimum atomic E-state index is -0.0819. The molecule has 1 N–H and O–H groups in total. The van der Waals surface area contributed by atoms with Crippen LogP contribution < -0.4 is 5.32 Å². The lowest BCUT2D eigenvalue weighted by Gasteiger charge is -2.39. The summed E-state index contributed by atoms with van der Waals surface area (Å²) in [6, 6.07) is -0.0819. The molecule has 1 atom stereocenters. The average molecular weight is 281 g/mol. The third-order valence-electron chi connectivity index (χ3n) is 5.25. The molecule has 20 heavy (non-hydrogen) atoms. The van der Waals surface area contributed by atoms with Crippen molar-refractivity contribution in [1.29, 1.82) is 0 Å². The smallest absolute Gasteiger partial charge is 0.323 e. The van der Waals surface area contributed by atoms with Gasteiger partial charge in [-0.25, -0.2) is 0 Å². The average Bonchev–Trinajstić information content (AvgIpc) is 3.22. The van der Waals surface area contributed by atoms with Crippen molar-refractivity contribution >= 4 is 5.97 Å². The van der Waals surface area contributed by atoms with Gasteiger partial charge in [0, 0.05) is 0 Å². The lowest BCUT2D eigenvalue weighted by Crippen LogP contribution is -2.46. The first-order chi connectivity index (χ1) is 9.41. The van der Waals surface area contributed by atoms with Crippen LogP contribution in [0.25, 0.3) is 0 Å². The Morgan fingerprint density at radius 3 is 2.20 bits per heavy atom. The topological polar surface area (TPSA) is 38.3 Å². The third kappa shape index (κ3) is 4.21. The van der Waals surface area contributed by atoms with Crippen molar-refractivity contribution in [3.05, 3.63) is 0 Å². The van der Waals surface area contributed by atoms with E-state index in [0.717, 1.165) is 31.2 Å². The lowest BCUT2D eigenvalue weighted by molar-refractivity contribution is -0.145. The van der Waals surface area contributed by atoms with E-state index in [9.17, 15) is 4.79 Å². The van der Waals surface area contributed by atoms with E-state index >= 15 is 0 Å². The van der Waals surface area contributed by atoms with Gasteiger partial charge in [0.15, 0.2) is 0 Å². The van der Waals surface area contributed by atoms with Gasteiger partial charge in [-0.1, -0.05) is 20.8 Å². The highest BCUT2D eigenvalue weighted by Crippen LogP contribution is 2.41. The Kier molecular flexibility index (Phi) is 5.11. The molecule has 1 unspecified atom stereocenters. The molecule has 0 radical (unpaired) electrons. The number of hydrogen-bond donors (Lipinski definition) is 1. The fraction of sp³-hybridized carbons (Fsp3) is 0.941. The van der Waals surface area contributed by atoms with Gasteiger partial charge in [-0.2, -0.15) is 0 Å². The predicted octanol–water partition coefficient (Wildman–Crippen LogP) is 3.38. The number of rotatable bonds is 5. The van der Waals surface area contributed by atoms with Gasteiger partial charge < -0.3 is 10.1 Å². The number of esters is 1. The summed E-state index contributed by atoms with van der Waals surface area (Å²) < 4.78 is 5.01. The maximum atomic E-state index is 12.0. The zero-order valence-corrected chi connectivity index (χ0v) is 13.6. The summed E-state index contributed by atoms with van der Waals surface area (Å²) in [5.41, 5.74) is 0.396. The number of ether oxygens (including phenoxy) is 1. The molecular formula is C17H31NO2. The van der Waals surface area contributed by atoms with Gasteiger partial charge in [-0.3, -0.25) is 4.79 Å². The Labute approximate surface area is 123 Å². The number of nitrogens with one attached hydrogen (secondary N) is 1. The van der Waals surface area contributed by atoms with Crippen molar-refractivity contribution < 1.29 is 9.53 Å². The van der Waals surface area contributed by atoms with E-state index in [0.29, 0.717) is 11.3 Å². The molecule has 0 amide bonds. The first-order valence-electron chi connectivity index (χ1n) is 8.23. The number of carbonyl (C=O) groups excluding carboxylic acids is 1. The van der Waals surface area contributed by atoms with E-state index in [1.807, 2.05) is 0 Å². The Hall–Kier alpha value is -0.570. The highest BCUT2D eigenvalue weighted by molar-refractivity contribution is 5.76. The summed E-state index contributed by atoms with van der Waals surface area (Å²) in [5, 5.41) is 3.48. The van der Waals surface area contributed by atoms with Gasteiger partial charge in [0.2, 0.25) is 0 Å². The maximum absolute atomic E-state index is 12.0. The van der Waals surface area contributed by atoms with Crippen LogP contribution in [0.4, 0.5) is 0 Å². The van der Waals surface area contributed by atoms with E-state index in [4.69, 9.17) is 4.74 Å². The molecule has 0 aromatic heterocycles. The molecule has 0 aromatic carbocycles. The molecule has 0 saturated heterocycles. The van der Waals surface area contributed by atoms with E-state index < -0.39 is 0 Å². The molecule has 0 bridgehead atoms. The molecule has 3 heteroatoms. The quantitative estimate of drug-likeness (QED) is 0.785. The number of methoxy groups -OCH3 is 1. The summed E-state index contributed by atoms with van der Waals surface area (Å²) in [4.78, 5) is 12.0. The SMILES string of the molecule is COC(=O)C(NCC1CC1)C1CCC(C(C)(C)C)CC1. The molecule has 116 valence electrons. The van der Waals surface area contributed by atoms with Crippen LogP contribution in [-0.4, -0.2) is 25.7 Å². The molecule has 0 heterocycles. The highest BCUT2D eigenvalue weighted by Gasteiger charge is 2.36. The zero-order chi connectivity index (χ0) is 14.8. The van der Waals surface area contributed by atoms with Gasteiger partial charge >= 0.3 is 5.97 Å². The van der Waals surface area contributed by atoms with Gasteiger partial charge in [0.25, 0.3) is 0 Å². The molecule has 3 nitrogen and oxygen atoms in total. The van der Waals surface area contributed by atoms with Crippen molar-refractivity contribution in [3.63, 3.8) is 0 Å². The minimum Gasteiger partial charge on any atom is -0.468 e. The minimum absolute atomic E-state index is 0.0649. The first kappa shape index (κ1) is 15.8. The number of carbonyl (C=O) groups is 1. The molecule has 0 spiro atoms. The summed E-state index contributed by atoms with van der Waals surface area (Å²) in [5.74, 6) is 1.98. The lowest BCUT2D eigenvalue weighted by atomic mass is 9.68. The van der Waals surface area contributed by atoms with E-state index in [1.54, 1.807) is 0 Å². The second-order valence-electron chi connectivity index (χ2n) is 7.83. The van der Waals surface area contributed by atoms with Gasteiger partial charge in [-0.15, -0.1) is 0 Å². The second kappa shape index (κ2) is 6.46. The Morgan fingerprint density at radius 2 is 1.75 bits per heavy atom. The van der Waals surface area contributed by atoms with Crippen LogP contribution in [0, 0.1) is 23.2 Å². The van der Waals surface area contributed by atoms with Crippen LogP contribution in [0.2, 0.25) is 0 Å². The summed E-state index contributed by atoms with van der Waals surface area (Å²) in [6.07, 6.45) is 7.42. The molecule has 0 aromatic rings. The molecule has 2 fully saturated rings. The molecule has 2 aliphatic rings. The van der Waals surface area contributed by atoms with Crippen molar-refractivity contribution in [3.8, 4) is 0 Å². The van der Waals surface area contributed by atoms with Crippen LogP contribution in [0.3, 0.4) is 0 Å². The summed E-state index contributed by atoms with van der Waals surface area (Å²) in [7, 11) is 1.51. The molecular weight excluding hydrogens is 250 g/mol. The largest absolute Gasteiger partial charge is 0.468 e. The predicted molar refractivity (Wildman–Crippen MR) is 81.4 cm³/mol. The van der Waals surface area contributed by atoms with Crippen LogP contribution in [0.1, 0.15) is 59.3 Å². The number of hydrogen-bond acceptors (Lipinski definition) is 3. The van der Waals surface area contributed by atoms with E-state index in [1.165, 1.54) is 32.8 Å². The molecule has 2 rings (SSSR count). The standard InChI is InChI=1S/C17H31NO2/c1-17(2,3)14-9-7-13(8-10-14)15(16(19)20-4)18-11-12-5-6-12/h12-15,18H,5-11H2,1-4H3. The molecule has 2 saturated carbocycles. The monoisotopic (exact) mass is 281 g/mol. The van der Waals surface area contributed by atoms with Crippen LogP contribution in [0.5, 0.6) is 0 Å². The highest BCUT2D eigenvalue weighted by atomic mass is 16.5. The Bertz CT molecular complexity index is 322. The van der Waals surface area contributed by atoms with Crippen LogP contribution >= 0.6 is 0 Å². The summed E-state index contributed by atoms with van der Waals surface area (Å²) >= 11 is 0. The second-order valence-corrected chi connectivity index (χ2v) is 7.83. The van der Waals surface area contributed by atoms with E-state index in [-0.39, 0.29) is 12.0 Å². The molecule has 0 aliphatic heterocycles. The maximum Gasteiger partial charge on any atom is 0.323 e. The third-order valence-corrected chi connectivity index (χ3v) is 5.25. The van der Waals surface area contributed by atoms with E-state index in [2.05, 4.69) is 26.1 Å². The summed E-state index contributed by atoms with van der Waals surface area (Å²) in [6.45, 7) is 7.99. The Balaban J connectivity index is 1.87. The Morgan fingerprint density at radius 1 is 1.15 bits per heavy atom. The van der Waals surface area contributed by atoms with Gasteiger partial charge in [0.05, 0.1) is 7.11 Å². The van der Waals surface area contributed by atoms with Crippen LogP contribution in [0.15, 0.2) is 0 Å². The normalized spacial score (nSPS) is 29.0. The first-order valence-corrected chi connectivity index (χ1v) is 8.23. The van der Waals surface area contributed by atoms with Crippen LogP contribution in [-0.2, 0) is 9.53 Å². The fourth-order valence-electron chi connectivity index (χ4n) is 3.50.